The summed E-state index contributed by atoms with van der Waals surface area (Å²) < 4.78 is 4.86. The van der Waals surface area contributed by atoms with Crippen LogP contribution >= 0.6 is 0 Å². The Morgan fingerprint density at radius 3 is 1.45 bits per heavy atom. The van der Waals surface area contributed by atoms with Crippen LogP contribution in [0.3, 0.4) is 0 Å². The minimum absolute atomic E-state index is 0.345. The highest BCUT2D eigenvalue weighted by atomic mass is 16.6. The molecule has 9 heteroatoms. The van der Waals surface area contributed by atoms with Crippen molar-refractivity contribution >= 4 is 45.7 Å². The van der Waals surface area contributed by atoms with Gasteiger partial charge in [-0.3, -0.25) is 9.97 Å². The first-order valence-corrected chi connectivity index (χ1v) is 8.86. The molecule has 0 saturated heterocycles. The molecule has 152 valence electrons. The van der Waals surface area contributed by atoms with Crippen LogP contribution in [0.2, 0.25) is 0 Å². The summed E-state index contributed by atoms with van der Waals surface area (Å²) in [5.41, 5.74) is -0.826. The van der Waals surface area contributed by atoms with Crippen LogP contribution in [0.5, 0.6) is 0 Å². The molecule has 0 spiro atoms. The number of benzene rings is 2. The lowest BCUT2D eigenvalue weighted by Gasteiger charge is -2.10. The van der Waals surface area contributed by atoms with E-state index in [4.69, 9.17) is 4.74 Å². The van der Waals surface area contributed by atoms with Crippen LogP contribution in [0.1, 0.15) is 41.4 Å². The van der Waals surface area contributed by atoms with Crippen LogP contribution in [-0.4, -0.2) is 44.1 Å². The Morgan fingerprint density at radius 1 is 0.645 bits per heavy atom. The van der Waals surface area contributed by atoms with E-state index >= 15 is 0 Å². The van der Waals surface area contributed by atoms with Gasteiger partial charge in [0.15, 0.2) is 0 Å². The van der Waals surface area contributed by atoms with E-state index in [1.54, 1.807) is 24.3 Å². The average molecular weight is 416 g/mol. The number of carbonyl (C=O) groups excluding carboxylic acids is 2. The van der Waals surface area contributed by atoms with Crippen molar-refractivity contribution < 1.29 is 34.1 Å². The first-order valence-electron chi connectivity index (χ1n) is 8.86. The Bertz CT molecular complexity index is 1300. The highest BCUT2D eigenvalue weighted by Crippen LogP contribution is 2.23. The van der Waals surface area contributed by atoms with Crippen molar-refractivity contribution in [3.8, 4) is 0 Å². The molecule has 0 aliphatic carbocycles. The van der Waals surface area contributed by atoms with E-state index in [0.29, 0.717) is 21.8 Å². The number of carboxylic acid groups (broad SMARTS) is 2. The molecule has 9 nitrogen and oxygen atoms in total. The summed E-state index contributed by atoms with van der Waals surface area (Å²) in [6.07, 6.45) is 2.94. The summed E-state index contributed by atoms with van der Waals surface area (Å²) in [6.45, 7) is 0. The summed E-state index contributed by atoms with van der Waals surface area (Å²) >= 11 is 0. The predicted molar refractivity (Wildman–Crippen MR) is 107 cm³/mol. The van der Waals surface area contributed by atoms with E-state index in [2.05, 4.69) is 9.97 Å². The Kier molecular flexibility index (Phi) is 4.84. The van der Waals surface area contributed by atoms with Gasteiger partial charge in [-0.25, -0.2) is 19.2 Å². The molecule has 0 radical (unpaired) electrons. The first kappa shape index (κ1) is 19.6. The molecule has 2 aromatic heterocycles. The third kappa shape index (κ3) is 3.67. The van der Waals surface area contributed by atoms with Crippen molar-refractivity contribution in [1.82, 2.24) is 9.97 Å². The number of carbonyl (C=O) groups is 4. The maximum absolute atomic E-state index is 12.7. The fourth-order valence-corrected chi connectivity index (χ4v) is 3.13. The van der Waals surface area contributed by atoms with E-state index in [9.17, 15) is 29.4 Å². The van der Waals surface area contributed by atoms with E-state index in [0.717, 1.165) is 0 Å². The quantitative estimate of drug-likeness (QED) is 0.378. The van der Waals surface area contributed by atoms with Gasteiger partial charge in [0.05, 0.1) is 33.3 Å². The van der Waals surface area contributed by atoms with Gasteiger partial charge in [0.2, 0.25) is 0 Å². The summed E-state index contributed by atoms with van der Waals surface area (Å²) in [4.78, 5) is 56.6. The van der Waals surface area contributed by atoms with E-state index < -0.39 is 35.0 Å². The molecule has 0 bridgehead atoms. The molecule has 2 N–H and O–H groups in total. The summed E-state index contributed by atoms with van der Waals surface area (Å²) in [5.74, 6) is -5.27. The molecule has 4 rings (SSSR count). The Hall–Kier alpha value is -4.66. The van der Waals surface area contributed by atoms with Gasteiger partial charge in [-0.05, 0) is 36.4 Å². The van der Waals surface area contributed by atoms with Gasteiger partial charge in [0.1, 0.15) is 0 Å². The molecule has 2 aromatic carbocycles. The highest BCUT2D eigenvalue weighted by Gasteiger charge is 2.25. The summed E-state index contributed by atoms with van der Waals surface area (Å²) in [6, 6.07) is 11.3. The maximum atomic E-state index is 12.7. The summed E-state index contributed by atoms with van der Waals surface area (Å²) in [7, 11) is 0. The van der Waals surface area contributed by atoms with E-state index in [1.165, 1.54) is 36.7 Å². The minimum Gasteiger partial charge on any atom is -0.478 e. The molecule has 0 atom stereocenters. The standard InChI is InChI=1S/C22H12N2O7/c25-19(26)13-9-17-11(3-1-5-23-17)7-15(13)21(29)31-22(30)16-8-12-4-2-6-24-18(12)10-14(16)20(27)28/h1-10H,(H,25,26)(H,27,28). The molecule has 2 heterocycles. The molecule has 0 amide bonds. The molecule has 0 fully saturated rings. The fourth-order valence-electron chi connectivity index (χ4n) is 3.13. The van der Waals surface area contributed by atoms with Crippen LogP contribution in [-0.2, 0) is 4.74 Å². The SMILES string of the molecule is O=C(O)c1cc2ncccc2cc1C(=O)OC(=O)c1cc2cccnc2cc1C(=O)O. The lowest BCUT2D eigenvalue weighted by Crippen LogP contribution is -2.18. The number of aromatic nitrogens is 2. The number of ether oxygens (including phenoxy) is 1. The lowest BCUT2D eigenvalue weighted by atomic mass is 10.0. The van der Waals surface area contributed by atoms with Crippen molar-refractivity contribution in [2.75, 3.05) is 0 Å². The third-order valence-corrected chi connectivity index (χ3v) is 4.57. The zero-order chi connectivity index (χ0) is 22.1. The Balaban J connectivity index is 1.75. The van der Waals surface area contributed by atoms with Crippen molar-refractivity contribution in [1.29, 1.82) is 0 Å². The van der Waals surface area contributed by atoms with Crippen molar-refractivity contribution in [2.45, 2.75) is 0 Å². The average Bonchev–Trinajstić information content (AvgIpc) is 2.77. The van der Waals surface area contributed by atoms with Gasteiger partial charge in [-0.1, -0.05) is 12.1 Å². The van der Waals surface area contributed by atoms with Gasteiger partial charge >= 0.3 is 23.9 Å². The smallest absolute Gasteiger partial charge is 0.346 e. The van der Waals surface area contributed by atoms with E-state index in [-0.39, 0.29) is 11.1 Å². The number of carboxylic acids is 2. The molecular formula is C22H12N2O7. The second kappa shape index (κ2) is 7.64. The predicted octanol–water partition coefficient (Wildman–Crippen LogP) is 3.18. The van der Waals surface area contributed by atoms with Crippen LogP contribution in [0.15, 0.2) is 60.9 Å². The number of hydrogen-bond acceptors (Lipinski definition) is 7. The van der Waals surface area contributed by atoms with Crippen LogP contribution < -0.4 is 0 Å². The molecule has 0 saturated carbocycles. The normalized spacial score (nSPS) is 10.7. The largest absolute Gasteiger partial charge is 0.478 e. The monoisotopic (exact) mass is 416 g/mol. The number of aromatic carboxylic acids is 2. The third-order valence-electron chi connectivity index (χ3n) is 4.57. The Labute approximate surface area is 173 Å². The van der Waals surface area contributed by atoms with Gasteiger partial charge in [-0.2, -0.15) is 0 Å². The van der Waals surface area contributed by atoms with Crippen LogP contribution in [0, 0.1) is 0 Å². The number of rotatable bonds is 4. The van der Waals surface area contributed by atoms with Crippen molar-refractivity contribution in [3.05, 3.63) is 83.2 Å². The van der Waals surface area contributed by atoms with Crippen LogP contribution in [0.25, 0.3) is 21.8 Å². The van der Waals surface area contributed by atoms with Gasteiger partial charge in [0, 0.05) is 23.2 Å². The number of pyridine rings is 2. The zero-order valence-electron chi connectivity index (χ0n) is 15.6. The number of esters is 2. The topological polar surface area (TPSA) is 144 Å². The molecule has 4 aromatic rings. The van der Waals surface area contributed by atoms with E-state index in [1.807, 2.05) is 0 Å². The minimum atomic E-state index is -1.41. The molecule has 31 heavy (non-hydrogen) atoms. The van der Waals surface area contributed by atoms with Crippen LogP contribution in [0.4, 0.5) is 0 Å². The summed E-state index contributed by atoms with van der Waals surface area (Å²) in [5, 5.41) is 19.8. The molecule has 0 aliphatic heterocycles. The molecule has 0 unspecified atom stereocenters. The Morgan fingerprint density at radius 2 is 1.06 bits per heavy atom. The fraction of sp³-hybridized carbons (Fsp3) is 0. The second-order valence-electron chi connectivity index (χ2n) is 6.48. The van der Waals surface area contributed by atoms with Gasteiger partial charge in [0.25, 0.3) is 0 Å². The van der Waals surface area contributed by atoms with Gasteiger partial charge < -0.3 is 14.9 Å². The van der Waals surface area contributed by atoms with Crippen molar-refractivity contribution in [2.24, 2.45) is 0 Å². The zero-order valence-corrected chi connectivity index (χ0v) is 15.6. The maximum Gasteiger partial charge on any atom is 0.346 e. The van der Waals surface area contributed by atoms with Gasteiger partial charge in [-0.15, -0.1) is 0 Å². The number of hydrogen-bond donors (Lipinski definition) is 2. The molecule has 0 aliphatic rings. The number of fused-ring (bicyclic) bond motifs is 2. The first-order chi connectivity index (χ1) is 14.8. The van der Waals surface area contributed by atoms with Crippen molar-refractivity contribution in [3.63, 3.8) is 0 Å². The molecular weight excluding hydrogens is 404 g/mol. The number of nitrogens with zero attached hydrogens (tertiary/aromatic N) is 2. The highest BCUT2D eigenvalue weighted by molar-refractivity contribution is 6.13. The second-order valence-corrected chi connectivity index (χ2v) is 6.48. The lowest BCUT2D eigenvalue weighted by molar-refractivity contribution is 0.0387.